The average molecular weight is 221 g/mol. The van der Waals surface area contributed by atoms with Crippen LogP contribution >= 0.6 is 0 Å². The van der Waals surface area contributed by atoms with Crippen LogP contribution in [0.5, 0.6) is 0 Å². The van der Waals surface area contributed by atoms with Gasteiger partial charge in [0.05, 0.1) is 6.42 Å². The predicted octanol–water partition coefficient (Wildman–Crippen LogP) is 0.489. The van der Waals surface area contributed by atoms with Crippen molar-refractivity contribution in [1.29, 1.82) is 0 Å². The molecule has 0 fully saturated rings. The third-order valence-electron chi connectivity index (χ3n) is 2.20. The number of nitrogens with two attached hydrogens (primary N) is 1. The van der Waals surface area contributed by atoms with Gasteiger partial charge in [0.1, 0.15) is 0 Å². The molecular formula is C12H19N3O. The number of nitrogen functional groups attached to an aromatic ring is 1. The summed E-state index contributed by atoms with van der Waals surface area (Å²) < 4.78 is 0. The minimum atomic E-state index is 0.0347. The van der Waals surface area contributed by atoms with Gasteiger partial charge in [0.15, 0.2) is 0 Å². The number of nitrogens with zero attached hydrogens (tertiary/aromatic N) is 1. The summed E-state index contributed by atoms with van der Waals surface area (Å²) in [6.45, 7) is 1.52. The highest BCUT2D eigenvalue weighted by atomic mass is 16.1. The number of hydrogen-bond acceptors (Lipinski definition) is 3. The molecule has 1 aromatic carbocycles. The minimum Gasteiger partial charge on any atom is -0.399 e. The summed E-state index contributed by atoms with van der Waals surface area (Å²) in [4.78, 5) is 13.6. The number of anilines is 1. The third kappa shape index (κ3) is 4.79. The Balaban J connectivity index is 2.34. The zero-order valence-corrected chi connectivity index (χ0v) is 9.86. The van der Waals surface area contributed by atoms with Crippen LogP contribution in [-0.2, 0) is 11.2 Å². The maximum Gasteiger partial charge on any atom is 0.224 e. The molecule has 0 heterocycles. The van der Waals surface area contributed by atoms with Gasteiger partial charge in [0, 0.05) is 18.8 Å². The zero-order valence-electron chi connectivity index (χ0n) is 9.86. The molecule has 0 saturated carbocycles. The van der Waals surface area contributed by atoms with Crippen LogP contribution in [0, 0.1) is 0 Å². The third-order valence-corrected chi connectivity index (χ3v) is 2.20. The number of likely N-dealkylation sites (N-methyl/N-ethyl adjacent to an activating group) is 1. The van der Waals surface area contributed by atoms with E-state index in [-0.39, 0.29) is 5.91 Å². The van der Waals surface area contributed by atoms with Crippen molar-refractivity contribution in [3.05, 3.63) is 29.8 Å². The summed E-state index contributed by atoms with van der Waals surface area (Å²) in [6, 6.07) is 7.40. The molecule has 0 saturated heterocycles. The normalized spacial score (nSPS) is 10.4. The second kappa shape index (κ2) is 6.12. The molecule has 4 heteroatoms. The van der Waals surface area contributed by atoms with Crippen LogP contribution in [0.3, 0.4) is 0 Å². The summed E-state index contributed by atoms with van der Waals surface area (Å²) in [5.74, 6) is 0.0347. The van der Waals surface area contributed by atoms with Gasteiger partial charge in [0.2, 0.25) is 5.91 Å². The summed E-state index contributed by atoms with van der Waals surface area (Å²) in [6.07, 6.45) is 0.387. The maximum absolute atomic E-state index is 11.5. The van der Waals surface area contributed by atoms with Crippen molar-refractivity contribution in [2.45, 2.75) is 6.42 Å². The average Bonchev–Trinajstić information content (AvgIpc) is 2.16. The van der Waals surface area contributed by atoms with E-state index in [4.69, 9.17) is 5.73 Å². The molecular weight excluding hydrogens is 202 g/mol. The highest BCUT2D eigenvalue weighted by molar-refractivity contribution is 5.78. The molecule has 1 rings (SSSR count). The van der Waals surface area contributed by atoms with Crippen molar-refractivity contribution in [2.24, 2.45) is 0 Å². The molecule has 0 aromatic heterocycles. The molecule has 0 spiro atoms. The fraction of sp³-hybridized carbons (Fsp3) is 0.417. The lowest BCUT2D eigenvalue weighted by atomic mass is 10.1. The molecule has 4 nitrogen and oxygen atoms in total. The number of carbonyl (C=O) groups excluding carboxylic acids is 1. The van der Waals surface area contributed by atoms with E-state index < -0.39 is 0 Å². The Hall–Kier alpha value is -1.55. The topological polar surface area (TPSA) is 58.4 Å². The molecule has 0 aliphatic rings. The van der Waals surface area contributed by atoms with Crippen LogP contribution < -0.4 is 11.1 Å². The van der Waals surface area contributed by atoms with Crippen molar-refractivity contribution in [3.63, 3.8) is 0 Å². The Morgan fingerprint density at radius 3 is 2.81 bits per heavy atom. The molecule has 0 aliphatic heterocycles. The minimum absolute atomic E-state index is 0.0347. The van der Waals surface area contributed by atoms with Gasteiger partial charge in [-0.3, -0.25) is 4.79 Å². The molecule has 3 N–H and O–H groups in total. The lowest BCUT2D eigenvalue weighted by Gasteiger charge is -2.10. The lowest BCUT2D eigenvalue weighted by Crippen LogP contribution is -2.32. The van der Waals surface area contributed by atoms with Gasteiger partial charge in [-0.1, -0.05) is 12.1 Å². The second-order valence-corrected chi connectivity index (χ2v) is 4.08. The Morgan fingerprint density at radius 2 is 2.19 bits per heavy atom. The molecule has 0 bridgehead atoms. The van der Waals surface area contributed by atoms with E-state index in [1.165, 1.54) is 0 Å². The van der Waals surface area contributed by atoms with Crippen molar-refractivity contribution in [3.8, 4) is 0 Å². The van der Waals surface area contributed by atoms with Crippen LogP contribution in [0.2, 0.25) is 0 Å². The van der Waals surface area contributed by atoms with Gasteiger partial charge in [-0.15, -0.1) is 0 Å². The highest BCUT2D eigenvalue weighted by Crippen LogP contribution is 2.06. The monoisotopic (exact) mass is 221 g/mol. The Kier molecular flexibility index (Phi) is 4.79. The predicted molar refractivity (Wildman–Crippen MR) is 66.1 cm³/mol. The van der Waals surface area contributed by atoms with Crippen molar-refractivity contribution < 1.29 is 4.79 Å². The Bertz CT molecular complexity index is 350. The number of nitrogens with one attached hydrogen (secondary N) is 1. The van der Waals surface area contributed by atoms with Gasteiger partial charge in [-0.25, -0.2) is 0 Å². The molecule has 1 aromatic rings. The molecule has 0 atom stereocenters. The fourth-order valence-corrected chi connectivity index (χ4v) is 1.37. The first-order chi connectivity index (χ1) is 7.58. The van der Waals surface area contributed by atoms with Crippen LogP contribution in [0.15, 0.2) is 24.3 Å². The summed E-state index contributed by atoms with van der Waals surface area (Å²) >= 11 is 0. The van der Waals surface area contributed by atoms with Gasteiger partial charge < -0.3 is 16.0 Å². The van der Waals surface area contributed by atoms with Crippen LogP contribution in [0.4, 0.5) is 5.69 Å². The number of amides is 1. The maximum atomic E-state index is 11.5. The van der Waals surface area contributed by atoms with Crippen molar-refractivity contribution >= 4 is 11.6 Å². The molecule has 0 aliphatic carbocycles. The van der Waals surface area contributed by atoms with Gasteiger partial charge in [-0.05, 0) is 31.8 Å². The molecule has 0 unspecified atom stereocenters. The van der Waals surface area contributed by atoms with Crippen LogP contribution in [0.25, 0.3) is 0 Å². The number of hydrogen-bond donors (Lipinski definition) is 2. The van der Waals surface area contributed by atoms with Gasteiger partial charge >= 0.3 is 0 Å². The fourth-order valence-electron chi connectivity index (χ4n) is 1.37. The van der Waals surface area contributed by atoms with Crippen molar-refractivity contribution in [2.75, 3.05) is 32.9 Å². The van der Waals surface area contributed by atoms with Gasteiger partial charge in [-0.2, -0.15) is 0 Å². The number of rotatable bonds is 5. The molecule has 16 heavy (non-hydrogen) atoms. The summed E-state index contributed by atoms with van der Waals surface area (Å²) in [5.41, 5.74) is 7.28. The SMILES string of the molecule is CN(C)CCNC(=O)Cc1cccc(N)c1. The molecule has 88 valence electrons. The van der Waals surface area contributed by atoms with E-state index in [0.29, 0.717) is 18.7 Å². The van der Waals surface area contributed by atoms with Crippen LogP contribution in [0.1, 0.15) is 5.56 Å². The number of carbonyl (C=O) groups is 1. The quantitative estimate of drug-likeness (QED) is 0.711. The van der Waals surface area contributed by atoms with E-state index in [1.807, 2.05) is 43.3 Å². The van der Waals surface area contributed by atoms with E-state index >= 15 is 0 Å². The molecule has 0 radical (unpaired) electrons. The van der Waals surface area contributed by atoms with Gasteiger partial charge in [0.25, 0.3) is 0 Å². The first kappa shape index (κ1) is 12.5. The van der Waals surface area contributed by atoms with E-state index in [9.17, 15) is 4.79 Å². The zero-order chi connectivity index (χ0) is 12.0. The largest absolute Gasteiger partial charge is 0.399 e. The molecule has 1 amide bonds. The highest BCUT2D eigenvalue weighted by Gasteiger charge is 2.02. The van der Waals surface area contributed by atoms with E-state index in [2.05, 4.69) is 5.32 Å². The standard InChI is InChI=1S/C12H19N3O/c1-15(2)7-6-14-12(16)9-10-4-3-5-11(13)8-10/h3-5,8H,6-7,9,13H2,1-2H3,(H,14,16). The second-order valence-electron chi connectivity index (χ2n) is 4.08. The smallest absolute Gasteiger partial charge is 0.224 e. The lowest BCUT2D eigenvalue weighted by molar-refractivity contribution is -0.120. The van der Waals surface area contributed by atoms with Crippen molar-refractivity contribution in [1.82, 2.24) is 10.2 Å². The van der Waals surface area contributed by atoms with E-state index in [1.54, 1.807) is 0 Å². The number of benzene rings is 1. The van der Waals surface area contributed by atoms with E-state index in [0.717, 1.165) is 12.1 Å². The first-order valence-corrected chi connectivity index (χ1v) is 5.34. The summed E-state index contributed by atoms with van der Waals surface area (Å²) in [7, 11) is 3.95. The Labute approximate surface area is 96.4 Å². The Morgan fingerprint density at radius 1 is 1.44 bits per heavy atom. The summed E-state index contributed by atoms with van der Waals surface area (Å²) in [5, 5.41) is 2.86. The first-order valence-electron chi connectivity index (χ1n) is 5.34. The van der Waals surface area contributed by atoms with Crippen LogP contribution in [-0.4, -0.2) is 38.0 Å².